The summed E-state index contributed by atoms with van der Waals surface area (Å²) < 4.78 is 44.7. The van der Waals surface area contributed by atoms with Crippen LogP contribution in [-0.2, 0) is 9.53 Å². The van der Waals surface area contributed by atoms with Gasteiger partial charge in [-0.25, -0.2) is 4.79 Å². The largest absolute Gasteiger partial charge is 0.481 e. The average Bonchev–Trinajstić information content (AvgIpc) is 2.23. The molecule has 122 valence electrons. The summed E-state index contributed by atoms with van der Waals surface area (Å²) in [5, 5.41) is 8.76. The Morgan fingerprint density at radius 3 is 2.29 bits per heavy atom. The molecule has 0 aromatic heterocycles. The van der Waals surface area contributed by atoms with Gasteiger partial charge < -0.3 is 9.84 Å². The van der Waals surface area contributed by atoms with Crippen molar-refractivity contribution in [1.29, 1.82) is 0 Å². The summed E-state index contributed by atoms with van der Waals surface area (Å²) in [6, 6.07) is -2.11. The van der Waals surface area contributed by atoms with E-state index in [1.807, 2.05) is 0 Å². The monoisotopic (exact) mass is 311 g/mol. The summed E-state index contributed by atoms with van der Waals surface area (Å²) in [6.07, 6.45) is -5.92. The van der Waals surface area contributed by atoms with Gasteiger partial charge in [0.2, 0.25) is 0 Å². The molecule has 8 heteroatoms. The van der Waals surface area contributed by atoms with E-state index in [1.54, 1.807) is 20.8 Å². The molecule has 0 bridgehead atoms. The number of carboxylic acid groups (broad SMARTS) is 1. The predicted molar refractivity (Wildman–Crippen MR) is 67.8 cm³/mol. The highest BCUT2D eigenvalue weighted by molar-refractivity contribution is 5.70. The first-order chi connectivity index (χ1) is 9.42. The molecular weight excluding hydrogens is 291 g/mol. The number of carbonyl (C=O) groups excluding carboxylic acids is 1. The normalized spacial score (nSPS) is 23.8. The van der Waals surface area contributed by atoms with Crippen LogP contribution in [0.1, 0.15) is 40.0 Å². The first-order valence-electron chi connectivity index (χ1n) is 6.70. The lowest BCUT2D eigenvalue weighted by atomic mass is 9.86. The van der Waals surface area contributed by atoms with E-state index in [0.717, 1.165) is 0 Å². The standard InChI is InChI=1S/C13H20F3NO4/c1-12(2,3)21-11(20)17-6-4-5-8(7-9(18)19)10(17)13(14,15)16/h8,10H,4-7H2,1-3H3,(H,18,19). The van der Waals surface area contributed by atoms with E-state index >= 15 is 0 Å². The summed E-state index contributed by atoms with van der Waals surface area (Å²) in [6.45, 7) is 4.60. The first kappa shape index (κ1) is 17.6. The molecule has 0 aromatic rings. The molecule has 1 saturated heterocycles. The number of carbonyl (C=O) groups is 2. The minimum atomic E-state index is -4.68. The summed E-state index contributed by atoms with van der Waals surface area (Å²) in [5.74, 6) is -2.45. The van der Waals surface area contributed by atoms with Crippen LogP contribution in [-0.4, -0.2) is 46.4 Å². The van der Waals surface area contributed by atoms with Gasteiger partial charge in [-0.2, -0.15) is 13.2 Å². The van der Waals surface area contributed by atoms with E-state index in [9.17, 15) is 22.8 Å². The van der Waals surface area contributed by atoms with Crippen molar-refractivity contribution in [1.82, 2.24) is 4.90 Å². The van der Waals surface area contributed by atoms with Crippen LogP contribution in [0.25, 0.3) is 0 Å². The molecule has 0 aromatic carbocycles. The Hall–Kier alpha value is -1.47. The third-order valence-corrected chi connectivity index (χ3v) is 3.16. The number of rotatable bonds is 2. The predicted octanol–water partition coefficient (Wildman–Crippen LogP) is 3.04. The highest BCUT2D eigenvalue weighted by atomic mass is 19.4. The Bertz CT molecular complexity index is 403. The number of ether oxygens (including phenoxy) is 1. The van der Waals surface area contributed by atoms with E-state index in [-0.39, 0.29) is 13.0 Å². The Balaban J connectivity index is 2.99. The number of alkyl halides is 3. The van der Waals surface area contributed by atoms with Gasteiger partial charge in [0.15, 0.2) is 0 Å². The topological polar surface area (TPSA) is 66.8 Å². The van der Waals surface area contributed by atoms with Crippen molar-refractivity contribution in [3.63, 3.8) is 0 Å². The van der Waals surface area contributed by atoms with E-state index in [1.165, 1.54) is 0 Å². The third-order valence-electron chi connectivity index (χ3n) is 3.16. The van der Waals surface area contributed by atoms with Crippen molar-refractivity contribution in [2.75, 3.05) is 6.54 Å². The Morgan fingerprint density at radius 1 is 1.29 bits per heavy atom. The smallest absolute Gasteiger partial charge is 0.410 e. The molecule has 1 amide bonds. The van der Waals surface area contributed by atoms with E-state index < -0.39 is 42.2 Å². The van der Waals surface area contributed by atoms with Gasteiger partial charge in [-0.15, -0.1) is 0 Å². The second-order valence-electron chi connectivity index (χ2n) is 6.16. The Kier molecular flexibility index (Phi) is 5.11. The van der Waals surface area contributed by atoms with Crippen LogP contribution in [0.5, 0.6) is 0 Å². The quantitative estimate of drug-likeness (QED) is 0.851. The van der Waals surface area contributed by atoms with Crippen molar-refractivity contribution in [2.45, 2.75) is 57.9 Å². The van der Waals surface area contributed by atoms with Crippen molar-refractivity contribution in [3.8, 4) is 0 Å². The first-order valence-corrected chi connectivity index (χ1v) is 6.70. The fourth-order valence-corrected chi connectivity index (χ4v) is 2.48. The molecule has 0 aliphatic carbocycles. The number of hydrogen-bond acceptors (Lipinski definition) is 3. The molecule has 21 heavy (non-hydrogen) atoms. The second-order valence-corrected chi connectivity index (χ2v) is 6.16. The third kappa shape index (κ3) is 5.09. The maximum Gasteiger partial charge on any atom is 0.410 e. The van der Waals surface area contributed by atoms with Crippen molar-refractivity contribution in [3.05, 3.63) is 0 Å². The number of piperidine rings is 1. The maximum atomic E-state index is 13.2. The van der Waals surface area contributed by atoms with E-state index in [0.29, 0.717) is 11.3 Å². The van der Waals surface area contributed by atoms with Crippen molar-refractivity contribution in [2.24, 2.45) is 5.92 Å². The van der Waals surface area contributed by atoms with Gasteiger partial charge in [-0.1, -0.05) is 0 Å². The van der Waals surface area contributed by atoms with Crippen LogP contribution >= 0.6 is 0 Å². The van der Waals surface area contributed by atoms with Gasteiger partial charge >= 0.3 is 18.2 Å². The lowest BCUT2D eigenvalue weighted by Gasteiger charge is -2.41. The average molecular weight is 311 g/mol. The zero-order chi connectivity index (χ0) is 16.4. The molecule has 1 N–H and O–H groups in total. The molecule has 1 heterocycles. The molecular formula is C13H20F3NO4. The number of aliphatic carboxylic acids is 1. The van der Waals surface area contributed by atoms with E-state index in [2.05, 4.69) is 0 Å². The molecule has 2 unspecified atom stereocenters. The zero-order valence-corrected chi connectivity index (χ0v) is 12.2. The minimum absolute atomic E-state index is 0.0881. The Labute approximate surface area is 121 Å². The van der Waals surface area contributed by atoms with Crippen LogP contribution in [0.3, 0.4) is 0 Å². The maximum absolute atomic E-state index is 13.2. The molecule has 1 fully saturated rings. The summed E-state index contributed by atoms with van der Waals surface area (Å²) in [4.78, 5) is 23.3. The van der Waals surface area contributed by atoms with Crippen LogP contribution in [0.2, 0.25) is 0 Å². The molecule has 0 radical (unpaired) electrons. The van der Waals surface area contributed by atoms with Crippen molar-refractivity contribution < 1.29 is 32.6 Å². The molecule has 0 saturated carbocycles. The van der Waals surface area contributed by atoms with E-state index in [4.69, 9.17) is 9.84 Å². The minimum Gasteiger partial charge on any atom is -0.481 e. The fraction of sp³-hybridized carbons (Fsp3) is 0.846. The summed E-state index contributed by atoms with van der Waals surface area (Å²) in [5.41, 5.74) is -0.910. The summed E-state index contributed by atoms with van der Waals surface area (Å²) >= 11 is 0. The van der Waals surface area contributed by atoms with Crippen LogP contribution < -0.4 is 0 Å². The summed E-state index contributed by atoms with van der Waals surface area (Å²) in [7, 11) is 0. The number of amides is 1. The SMILES string of the molecule is CC(C)(C)OC(=O)N1CCCC(CC(=O)O)C1C(F)(F)F. The Morgan fingerprint density at radius 2 is 1.86 bits per heavy atom. The van der Waals surface area contributed by atoms with Crippen LogP contribution in [0, 0.1) is 5.92 Å². The molecule has 1 aliphatic rings. The molecule has 1 aliphatic heterocycles. The number of halogens is 3. The highest BCUT2D eigenvalue weighted by Crippen LogP contribution is 2.38. The molecule has 0 spiro atoms. The number of hydrogen-bond donors (Lipinski definition) is 1. The van der Waals surface area contributed by atoms with Gasteiger partial charge in [-0.05, 0) is 39.5 Å². The van der Waals surface area contributed by atoms with Gasteiger partial charge in [0, 0.05) is 6.54 Å². The van der Waals surface area contributed by atoms with Gasteiger partial charge in [0.05, 0.1) is 6.42 Å². The highest BCUT2D eigenvalue weighted by Gasteiger charge is 2.52. The number of nitrogens with zero attached hydrogens (tertiary/aromatic N) is 1. The molecule has 5 nitrogen and oxygen atoms in total. The van der Waals surface area contributed by atoms with Crippen LogP contribution in [0.15, 0.2) is 0 Å². The van der Waals surface area contributed by atoms with Crippen LogP contribution in [0.4, 0.5) is 18.0 Å². The number of likely N-dealkylation sites (tertiary alicyclic amines) is 1. The second kappa shape index (κ2) is 6.11. The lowest BCUT2D eigenvalue weighted by Crippen LogP contribution is -2.57. The van der Waals surface area contributed by atoms with Gasteiger partial charge in [-0.3, -0.25) is 9.69 Å². The fourth-order valence-electron chi connectivity index (χ4n) is 2.48. The van der Waals surface area contributed by atoms with Gasteiger partial charge in [0.1, 0.15) is 11.6 Å². The lowest BCUT2D eigenvalue weighted by molar-refractivity contribution is -0.202. The zero-order valence-electron chi connectivity index (χ0n) is 12.2. The molecule has 1 rings (SSSR count). The number of carboxylic acids is 1. The van der Waals surface area contributed by atoms with Crippen molar-refractivity contribution >= 4 is 12.1 Å². The molecule has 2 atom stereocenters. The van der Waals surface area contributed by atoms with Gasteiger partial charge in [0.25, 0.3) is 0 Å².